The number of likely N-dealkylation sites (N-methyl/N-ethyl adjacent to an activating group) is 1. The summed E-state index contributed by atoms with van der Waals surface area (Å²) < 4.78 is 0. The molecule has 0 fully saturated rings. The second-order valence-electron chi connectivity index (χ2n) is 4.83. The van der Waals surface area contributed by atoms with Crippen molar-refractivity contribution in [1.82, 2.24) is 4.98 Å². The molecule has 1 heterocycles. The molecular weight excluding hydrogens is 266 g/mol. The monoisotopic (exact) mass is 285 g/mol. The fraction of sp³-hybridized carbons (Fsp3) is 0.250. The van der Waals surface area contributed by atoms with Gasteiger partial charge in [0, 0.05) is 43.2 Å². The van der Waals surface area contributed by atoms with Gasteiger partial charge < -0.3 is 10.6 Å². The summed E-state index contributed by atoms with van der Waals surface area (Å²) in [5, 5.41) is 0. The molecule has 0 spiro atoms. The minimum absolute atomic E-state index is 0.438. The van der Waals surface area contributed by atoms with Crippen molar-refractivity contribution in [3.05, 3.63) is 59.4 Å². The predicted molar refractivity (Wildman–Crippen MR) is 88.3 cm³/mol. The van der Waals surface area contributed by atoms with Crippen LogP contribution in [-0.4, -0.2) is 23.6 Å². The zero-order valence-electron chi connectivity index (χ0n) is 11.8. The largest absolute Gasteiger partial charge is 0.389 e. The van der Waals surface area contributed by atoms with Gasteiger partial charge in [0.25, 0.3) is 0 Å². The highest BCUT2D eigenvalue weighted by Gasteiger charge is 2.12. The lowest BCUT2D eigenvalue weighted by atomic mass is 10.1. The molecule has 0 unspecified atom stereocenters. The van der Waals surface area contributed by atoms with Crippen LogP contribution in [0.3, 0.4) is 0 Å². The second-order valence-corrected chi connectivity index (χ2v) is 5.27. The molecule has 0 aliphatic rings. The van der Waals surface area contributed by atoms with Gasteiger partial charge in [-0.05, 0) is 30.7 Å². The van der Waals surface area contributed by atoms with Crippen LogP contribution in [0.15, 0.2) is 42.6 Å². The van der Waals surface area contributed by atoms with Crippen LogP contribution in [-0.2, 0) is 6.42 Å². The normalized spacial score (nSPS) is 10.3. The van der Waals surface area contributed by atoms with Crippen LogP contribution in [0.2, 0.25) is 0 Å². The molecule has 0 radical (unpaired) electrons. The number of benzene rings is 1. The fourth-order valence-corrected chi connectivity index (χ4v) is 2.47. The predicted octanol–water partition coefficient (Wildman–Crippen LogP) is 2.70. The Morgan fingerprint density at radius 3 is 2.70 bits per heavy atom. The number of rotatable bonds is 5. The first-order valence-corrected chi connectivity index (χ1v) is 7.01. The van der Waals surface area contributed by atoms with Gasteiger partial charge in [-0.3, -0.25) is 4.98 Å². The Kier molecular flexibility index (Phi) is 4.69. The van der Waals surface area contributed by atoms with E-state index >= 15 is 0 Å². The lowest BCUT2D eigenvalue weighted by Gasteiger charge is -2.24. The number of para-hydroxylation sites is 1. The number of thiocarbonyl (C=S) groups is 1. The van der Waals surface area contributed by atoms with Crippen molar-refractivity contribution < 1.29 is 0 Å². The van der Waals surface area contributed by atoms with Crippen molar-refractivity contribution in [3.63, 3.8) is 0 Å². The summed E-state index contributed by atoms with van der Waals surface area (Å²) in [5.41, 5.74) is 10.1. The van der Waals surface area contributed by atoms with Gasteiger partial charge in [-0.2, -0.15) is 0 Å². The molecule has 0 saturated carbocycles. The number of nitrogens with two attached hydrogens (primary N) is 1. The fourth-order valence-electron chi connectivity index (χ4n) is 2.30. The summed E-state index contributed by atoms with van der Waals surface area (Å²) in [6.45, 7) is 2.95. The van der Waals surface area contributed by atoms with E-state index in [1.165, 1.54) is 5.56 Å². The van der Waals surface area contributed by atoms with Crippen LogP contribution in [0.4, 0.5) is 5.69 Å². The Labute approximate surface area is 125 Å². The van der Waals surface area contributed by atoms with Gasteiger partial charge in [0.2, 0.25) is 0 Å². The molecule has 0 bridgehead atoms. The van der Waals surface area contributed by atoms with Crippen molar-refractivity contribution in [2.24, 2.45) is 5.73 Å². The average molecular weight is 285 g/mol. The summed E-state index contributed by atoms with van der Waals surface area (Å²) in [6.07, 6.45) is 2.71. The third-order valence-corrected chi connectivity index (χ3v) is 3.53. The molecule has 0 amide bonds. The Balaban J connectivity index is 2.17. The number of aromatic nitrogens is 1. The average Bonchev–Trinajstić information content (AvgIpc) is 2.45. The first kappa shape index (κ1) is 14.5. The summed E-state index contributed by atoms with van der Waals surface area (Å²) in [6, 6.07) is 12.0. The van der Waals surface area contributed by atoms with Crippen LogP contribution in [0.25, 0.3) is 0 Å². The van der Waals surface area contributed by atoms with E-state index in [9.17, 15) is 0 Å². The molecular formula is C16H19N3S. The molecule has 0 saturated heterocycles. The zero-order valence-corrected chi connectivity index (χ0v) is 12.7. The van der Waals surface area contributed by atoms with Crippen LogP contribution in [0, 0.1) is 6.92 Å². The zero-order chi connectivity index (χ0) is 14.5. The summed E-state index contributed by atoms with van der Waals surface area (Å²) in [7, 11) is 2.06. The Bertz CT molecular complexity index is 596. The molecule has 1 aromatic heterocycles. The van der Waals surface area contributed by atoms with E-state index in [-0.39, 0.29) is 0 Å². The molecule has 0 atom stereocenters. The van der Waals surface area contributed by atoms with Crippen LogP contribution < -0.4 is 10.6 Å². The standard InChI is InChI=1S/C16H19N3S/c1-12-6-5-8-14(16(17)20)15(12)19(2)11-9-13-7-3-4-10-18-13/h3-8,10H,9,11H2,1-2H3,(H2,17,20). The van der Waals surface area contributed by atoms with Gasteiger partial charge in [-0.15, -0.1) is 0 Å². The number of aryl methyl sites for hydroxylation is 1. The molecule has 104 valence electrons. The van der Waals surface area contributed by atoms with Gasteiger partial charge in [-0.25, -0.2) is 0 Å². The van der Waals surface area contributed by atoms with Gasteiger partial charge in [0.1, 0.15) is 4.99 Å². The Morgan fingerprint density at radius 1 is 1.25 bits per heavy atom. The molecule has 2 N–H and O–H groups in total. The quantitative estimate of drug-likeness (QED) is 0.858. The van der Waals surface area contributed by atoms with Crippen molar-refractivity contribution in [3.8, 4) is 0 Å². The third-order valence-electron chi connectivity index (χ3n) is 3.31. The van der Waals surface area contributed by atoms with E-state index in [1.807, 2.05) is 36.5 Å². The maximum atomic E-state index is 5.82. The van der Waals surface area contributed by atoms with Gasteiger partial charge >= 0.3 is 0 Å². The van der Waals surface area contributed by atoms with Gasteiger partial charge in [0.15, 0.2) is 0 Å². The van der Waals surface area contributed by atoms with Crippen LogP contribution >= 0.6 is 12.2 Å². The SMILES string of the molecule is Cc1cccc(C(N)=S)c1N(C)CCc1ccccn1. The van der Waals surface area contributed by atoms with Crippen molar-refractivity contribution >= 4 is 22.9 Å². The minimum Gasteiger partial charge on any atom is -0.389 e. The summed E-state index contributed by atoms with van der Waals surface area (Å²) in [5.74, 6) is 0. The molecule has 2 aromatic rings. The third kappa shape index (κ3) is 3.33. The first-order chi connectivity index (χ1) is 9.59. The molecule has 3 nitrogen and oxygen atoms in total. The molecule has 20 heavy (non-hydrogen) atoms. The van der Waals surface area contributed by atoms with E-state index in [4.69, 9.17) is 18.0 Å². The Hall–Kier alpha value is -1.94. The van der Waals surface area contributed by atoms with Gasteiger partial charge in [-0.1, -0.05) is 30.4 Å². The van der Waals surface area contributed by atoms with E-state index in [0.29, 0.717) is 4.99 Å². The number of hydrogen-bond acceptors (Lipinski definition) is 3. The molecule has 1 aromatic carbocycles. The first-order valence-electron chi connectivity index (χ1n) is 6.60. The minimum atomic E-state index is 0.438. The summed E-state index contributed by atoms with van der Waals surface area (Å²) in [4.78, 5) is 6.98. The number of nitrogens with zero attached hydrogens (tertiary/aromatic N) is 2. The Morgan fingerprint density at radius 2 is 2.05 bits per heavy atom. The summed E-state index contributed by atoms with van der Waals surface area (Å²) >= 11 is 5.14. The van der Waals surface area contributed by atoms with Gasteiger partial charge in [0.05, 0.1) is 0 Å². The molecule has 4 heteroatoms. The molecule has 0 aliphatic heterocycles. The smallest absolute Gasteiger partial charge is 0.106 e. The van der Waals surface area contributed by atoms with Crippen LogP contribution in [0.5, 0.6) is 0 Å². The number of anilines is 1. The second kappa shape index (κ2) is 6.48. The van der Waals surface area contributed by atoms with Crippen molar-refractivity contribution in [1.29, 1.82) is 0 Å². The highest BCUT2D eigenvalue weighted by atomic mass is 32.1. The molecule has 0 aliphatic carbocycles. The lowest BCUT2D eigenvalue weighted by molar-refractivity contribution is 0.849. The van der Waals surface area contributed by atoms with Crippen LogP contribution in [0.1, 0.15) is 16.8 Å². The van der Waals surface area contributed by atoms with Crippen molar-refractivity contribution in [2.75, 3.05) is 18.5 Å². The highest BCUT2D eigenvalue weighted by molar-refractivity contribution is 7.80. The van der Waals surface area contributed by atoms with E-state index in [1.54, 1.807) is 0 Å². The van der Waals surface area contributed by atoms with E-state index in [0.717, 1.165) is 29.9 Å². The maximum Gasteiger partial charge on any atom is 0.106 e. The topological polar surface area (TPSA) is 42.1 Å². The van der Waals surface area contributed by atoms with E-state index in [2.05, 4.69) is 29.9 Å². The number of hydrogen-bond donors (Lipinski definition) is 1. The van der Waals surface area contributed by atoms with Crippen molar-refractivity contribution in [2.45, 2.75) is 13.3 Å². The lowest BCUT2D eigenvalue weighted by Crippen LogP contribution is -2.25. The molecule has 2 rings (SSSR count). The van der Waals surface area contributed by atoms with E-state index < -0.39 is 0 Å². The number of pyridine rings is 1. The highest BCUT2D eigenvalue weighted by Crippen LogP contribution is 2.24. The maximum absolute atomic E-state index is 5.82.